The van der Waals surface area contributed by atoms with Crippen LogP contribution in [0.3, 0.4) is 0 Å². The number of amides is 3. The lowest BCUT2D eigenvalue weighted by molar-refractivity contribution is -0.123. The normalized spacial score (nSPS) is 19.5. The fraction of sp³-hybridized carbons (Fsp3) is 0.296. The molecule has 0 saturated carbocycles. The first kappa shape index (κ1) is 22.8. The fourth-order valence-electron chi connectivity index (χ4n) is 5.18. The number of carbonyl (C=O) groups is 2. The van der Waals surface area contributed by atoms with Crippen molar-refractivity contribution >= 4 is 17.6 Å². The Morgan fingerprint density at radius 1 is 1.06 bits per heavy atom. The number of urea groups is 1. The third-order valence-electron chi connectivity index (χ3n) is 6.93. The molecule has 1 saturated heterocycles. The number of benzene rings is 2. The van der Waals surface area contributed by atoms with Crippen LogP contribution in [0.2, 0.25) is 0 Å². The molecular weight excluding hydrogens is 450 g/mol. The molecule has 178 valence electrons. The molecule has 1 aliphatic heterocycles. The average Bonchev–Trinajstić information content (AvgIpc) is 3.28. The zero-order chi connectivity index (χ0) is 24.7. The molecule has 3 aromatic rings. The van der Waals surface area contributed by atoms with E-state index in [9.17, 15) is 9.59 Å². The number of rotatable bonds is 2. The summed E-state index contributed by atoms with van der Waals surface area (Å²) in [7, 11) is 1.58. The van der Waals surface area contributed by atoms with Crippen molar-refractivity contribution < 1.29 is 18.4 Å². The Morgan fingerprint density at radius 3 is 2.43 bits per heavy atom. The van der Waals surface area contributed by atoms with Gasteiger partial charge in [-0.1, -0.05) is 30.0 Å². The Hall–Kier alpha value is -3.99. The van der Waals surface area contributed by atoms with Crippen LogP contribution >= 0.6 is 0 Å². The molecule has 0 unspecified atom stereocenters. The predicted octanol–water partition coefficient (Wildman–Crippen LogP) is 4.60. The summed E-state index contributed by atoms with van der Waals surface area (Å²) in [6.45, 7) is 2.66. The Balaban J connectivity index is 1.49. The highest BCUT2D eigenvalue weighted by Gasteiger charge is 2.52. The van der Waals surface area contributed by atoms with Gasteiger partial charge in [0.25, 0.3) is 0 Å². The van der Waals surface area contributed by atoms with Crippen LogP contribution in [0.5, 0.6) is 0 Å². The van der Waals surface area contributed by atoms with Crippen LogP contribution in [0.15, 0.2) is 48.7 Å². The minimum absolute atomic E-state index is 0.0773. The summed E-state index contributed by atoms with van der Waals surface area (Å²) in [5, 5.41) is 4.43. The second kappa shape index (κ2) is 8.66. The van der Waals surface area contributed by atoms with Crippen LogP contribution in [0.1, 0.15) is 48.6 Å². The van der Waals surface area contributed by atoms with E-state index in [0.29, 0.717) is 23.4 Å². The third-order valence-corrected chi connectivity index (χ3v) is 6.93. The topological polar surface area (TPSA) is 58.4 Å². The summed E-state index contributed by atoms with van der Waals surface area (Å²) in [5.41, 5.74) is 1.09. The second-order valence-electron chi connectivity index (χ2n) is 8.86. The molecule has 1 fully saturated rings. The number of aromatic nitrogens is 2. The number of imide groups is 1. The smallest absolute Gasteiger partial charge is 0.317 e. The quantitative estimate of drug-likeness (QED) is 0.510. The second-order valence-corrected chi connectivity index (χ2v) is 8.86. The van der Waals surface area contributed by atoms with Crippen LogP contribution in [0.4, 0.5) is 19.3 Å². The van der Waals surface area contributed by atoms with Crippen LogP contribution in [0, 0.1) is 23.5 Å². The molecule has 3 amide bonds. The standard InChI is InChI=1S/C27H24F2N4O2/c1-3-32-23-10-7-13-27(20(23)17-30-32)16-24(34)33(26(35)31(27)2)25-21(28)14-19(15-22(25)29)12-11-18-8-5-4-6-9-18/h4-6,8-9,14-15,17H,3,7,10,13,16H2,1-2H3/t27-/m0/s1. The molecule has 35 heavy (non-hydrogen) atoms. The van der Waals surface area contributed by atoms with Gasteiger partial charge in [0.1, 0.15) is 5.69 Å². The molecule has 0 bridgehead atoms. The van der Waals surface area contributed by atoms with E-state index in [1.54, 1.807) is 25.4 Å². The van der Waals surface area contributed by atoms with Crippen molar-refractivity contribution in [2.45, 2.75) is 44.7 Å². The van der Waals surface area contributed by atoms with E-state index in [4.69, 9.17) is 0 Å². The van der Waals surface area contributed by atoms with Crippen molar-refractivity contribution in [3.63, 3.8) is 0 Å². The Morgan fingerprint density at radius 2 is 1.74 bits per heavy atom. The summed E-state index contributed by atoms with van der Waals surface area (Å²) >= 11 is 0. The molecule has 0 radical (unpaired) electrons. The lowest BCUT2D eigenvalue weighted by atomic mass is 9.75. The van der Waals surface area contributed by atoms with Crippen molar-refractivity contribution in [3.8, 4) is 11.8 Å². The third kappa shape index (κ3) is 3.68. The maximum Gasteiger partial charge on any atom is 0.332 e. The summed E-state index contributed by atoms with van der Waals surface area (Å²) in [6.07, 6.45) is 3.80. The van der Waals surface area contributed by atoms with Crippen molar-refractivity contribution in [1.82, 2.24) is 14.7 Å². The maximum atomic E-state index is 15.1. The van der Waals surface area contributed by atoms with Crippen LogP contribution in [0.25, 0.3) is 0 Å². The molecule has 2 heterocycles. The number of hydrogen-bond acceptors (Lipinski definition) is 3. The SMILES string of the molecule is CCn1ncc2c1CCC[C@]21CC(=O)N(c2c(F)cc(C#Cc3ccccc3)cc2F)C(=O)N1C. The molecule has 1 aliphatic carbocycles. The van der Waals surface area contributed by atoms with Gasteiger partial charge in [0, 0.05) is 36.0 Å². The fourth-order valence-corrected chi connectivity index (χ4v) is 5.18. The largest absolute Gasteiger partial charge is 0.332 e. The van der Waals surface area contributed by atoms with Gasteiger partial charge in [-0.2, -0.15) is 5.10 Å². The van der Waals surface area contributed by atoms with E-state index < -0.39 is 34.8 Å². The number of fused-ring (bicyclic) bond motifs is 2. The van der Waals surface area contributed by atoms with Crippen molar-refractivity contribution in [3.05, 3.63) is 82.7 Å². The first-order valence-corrected chi connectivity index (χ1v) is 11.6. The number of halogens is 2. The number of carbonyl (C=O) groups excluding carboxylic acids is 2. The lowest BCUT2D eigenvalue weighted by Gasteiger charge is -2.49. The number of hydrogen-bond donors (Lipinski definition) is 0. The first-order chi connectivity index (χ1) is 16.9. The van der Waals surface area contributed by atoms with Crippen molar-refractivity contribution in [2.24, 2.45) is 0 Å². The summed E-state index contributed by atoms with van der Waals surface area (Å²) in [5.74, 6) is 2.90. The van der Waals surface area contributed by atoms with E-state index in [2.05, 4.69) is 16.9 Å². The van der Waals surface area contributed by atoms with Crippen LogP contribution in [-0.4, -0.2) is 33.7 Å². The summed E-state index contributed by atoms with van der Waals surface area (Å²) in [6, 6.07) is 10.4. The molecule has 1 atom stereocenters. The van der Waals surface area contributed by atoms with Crippen molar-refractivity contribution in [1.29, 1.82) is 0 Å². The Bertz CT molecular complexity index is 1370. The molecular formula is C27H24F2N4O2. The maximum absolute atomic E-state index is 15.1. The molecule has 2 aromatic carbocycles. The minimum atomic E-state index is -1.02. The highest BCUT2D eigenvalue weighted by Crippen LogP contribution is 2.46. The predicted molar refractivity (Wildman–Crippen MR) is 127 cm³/mol. The molecule has 5 rings (SSSR count). The van der Waals surface area contributed by atoms with Gasteiger partial charge in [0.2, 0.25) is 5.91 Å². The van der Waals surface area contributed by atoms with E-state index in [0.717, 1.165) is 36.2 Å². The molecule has 1 spiro atoms. The van der Waals surface area contributed by atoms with Gasteiger partial charge in [-0.3, -0.25) is 9.48 Å². The van der Waals surface area contributed by atoms with Gasteiger partial charge in [0.15, 0.2) is 11.6 Å². The highest BCUT2D eigenvalue weighted by atomic mass is 19.1. The van der Waals surface area contributed by atoms with E-state index in [1.165, 1.54) is 4.90 Å². The average molecular weight is 475 g/mol. The number of aryl methyl sites for hydroxylation is 1. The number of nitrogens with zero attached hydrogens (tertiary/aromatic N) is 4. The van der Waals surface area contributed by atoms with Crippen molar-refractivity contribution in [2.75, 3.05) is 11.9 Å². The zero-order valence-electron chi connectivity index (χ0n) is 19.5. The Kier molecular flexibility index (Phi) is 5.64. The summed E-state index contributed by atoms with van der Waals surface area (Å²) < 4.78 is 32.1. The monoisotopic (exact) mass is 474 g/mol. The highest BCUT2D eigenvalue weighted by molar-refractivity contribution is 6.16. The van der Waals surface area contributed by atoms with Gasteiger partial charge in [-0.15, -0.1) is 0 Å². The molecule has 2 aliphatic rings. The van der Waals surface area contributed by atoms with Crippen LogP contribution < -0.4 is 4.90 Å². The van der Waals surface area contributed by atoms with Gasteiger partial charge in [-0.05, 0) is 50.5 Å². The lowest BCUT2D eigenvalue weighted by Crippen LogP contribution is -2.62. The molecule has 1 aromatic heterocycles. The number of anilines is 1. The van der Waals surface area contributed by atoms with E-state index in [-0.39, 0.29) is 12.0 Å². The molecule has 6 nitrogen and oxygen atoms in total. The minimum Gasteiger partial charge on any atom is -0.317 e. The zero-order valence-corrected chi connectivity index (χ0v) is 19.5. The molecule has 8 heteroatoms. The molecule has 0 N–H and O–H groups in total. The van der Waals surface area contributed by atoms with Crippen LogP contribution in [-0.2, 0) is 23.3 Å². The Labute approximate surface area is 202 Å². The van der Waals surface area contributed by atoms with Gasteiger partial charge in [-0.25, -0.2) is 18.5 Å². The van der Waals surface area contributed by atoms with Gasteiger partial charge < -0.3 is 4.90 Å². The van der Waals surface area contributed by atoms with E-state index >= 15 is 8.78 Å². The van der Waals surface area contributed by atoms with Gasteiger partial charge >= 0.3 is 6.03 Å². The van der Waals surface area contributed by atoms with E-state index in [1.807, 2.05) is 29.8 Å². The summed E-state index contributed by atoms with van der Waals surface area (Å²) in [4.78, 5) is 28.8. The first-order valence-electron chi connectivity index (χ1n) is 11.6. The van der Waals surface area contributed by atoms with Gasteiger partial charge in [0.05, 0.1) is 18.2 Å².